The summed E-state index contributed by atoms with van der Waals surface area (Å²) in [6.07, 6.45) is 16.9. The van der Waals surface area contributed by atoms with Crippen LogP contribution in [0.4, 0.5) is 0 Å². The van der Waals surface area contributed by atoms with Gasteiger partial charge in [-0.2, -0.15) is 0 Å². The molecule has 2 fully saturated rings. The average Bonchev–Trinajstić information content (AvgIpc) is 3.45. The first-order valence-corrected chi connectivity index (χ1v) is 16.1. The number of nitrogens with zero attached hydrogens (tertiary/aromatic N) is 4. The fraction of sp³-hybridized carbons (Fsp3) is 0.531. The molecule has 1 unspecified atom stereocenters. The number of terminal acetylenes is 1. The molecule has 212 valence electrons. The normalized spacial score (nSPS) is 21.3. The van der Waals surface area contributed by atoms with Crippen molar-refractivity contribution in [3.8, 4) is 12.8 Å². The van der Waals surface area contributed by atoms with Crippen molar-refractivity contribution in [1.29, 1.82) is 0 Å². The Hall–Kier alpha value is -2.37. The highest BCUT2D eigenvalue weighted by Crippen LogP contribution is 2.45. The molecule has 4 heterocycles. The lowest BCUT2D eigenvalue weighted by atomic mass is 9.76. The second-order valence-corrected chi connectivity index (χ2v) is 13.2. The van der Waals surface area contributed by atoms with E-state index < -0.39 is 0 Å². The molecule has 1 amide bonds. The highest BCUT2D eigenvalue weighted by atomic mass is 79.9. The summed E-state index contributed by atoms with van der Waals surface area (Å²) in [7, 11) is 0. The molecule has 1 atom stereocenters. The molecule has 0 bridgehead atoms. The molecule has 1 N–H and O–H groups in total. The fourth-order valence-corrected chi connectivity index (χ4v) is 8.26. The lowest BCUT2D eigenvalue weighted by Crippen LogP contribution is -2.45. The Kier molecular flexibility index (Phi) is 9.53. The van der Waals surface area contributed by atoms with Crippen LogP contribution < -0.4 is 5.32 Å². The van der Waals surface area contributed by atoms with E-state index in [9.17, 15) is 4.79 Å². The zero-order valence-electron chi connectivity index (χ0n) is 23.3. The van der Waals surface area contributed by atoms with Crippen LogP contribution in [0, 0.1) is 31.6 Å². The van der Waals surface area contributed by atoms with Crippen molar-refractivity contribution in [2.75, 3.05) is 39.3 Å². The molecule has 1 aliphatic carbocycles. The zero-order valence-corrected chi connectivity index (χ0v) is 26.5. The van der Waals surface area contributed by atoms with Gasteiger partial charge in [-0.25, -0.2) is 0 Å². The number of hydrogen-bond acceptors (Lipinski definition) is 5. The molecule has 6 rings (SSSR count). The Labute approximate surface area is 255 Å². The van der Waals surface area contributed by atoms with E-state index in [1.54, 1.807) is 0 Å². The van der Waals surface area contributed by atoms with Crippen LogP contribution in [0.5, 0.6) is 0 Å². The zero-order chi connectivity index (χ0) is 28.2. The molecule has 40 heavy (non-hydrogen) atoms. The predicted molar refractivity (Wildman–Crippen MR) is 168 cm³/mol. The van der Waals surface area contributed by atoms with Crippen LogP contribution in [0.3, 0.4) is 0 Å². The number of piperidine rings is 2. The Bertz CT molecular complexity index is 1280. The van der Waals surface area contributed by atoms with Crippen molar-refractivity contribution in [3.63, 3.8) is 0 Å². The topological polar surface area (TPSA) is 60.8 Å². The number of aliphatic imine (C=N–C) groups is 1. The minimum absolute atomic E-state index is 0.263. The van der Waals surface area contributed by atoms with Crippen LogP contribution >= 0.6 is 31.9 Å². The van der Waals surface area contributed by atoms with Gasteiger partial charge in [-0.1, -0.05) is 22.0 Å². The minimum atomic E-state index is 0.263. The number of hydrogen-bond donors (Lipinski definition) is 1. The molecule has 0 radical (unpaired) electrons. The molecule has 0 spiro atoms. The highest BCUT2D eigenvalue weighted by Gasteiger charge is 2.36. The quantitative estimate of drug-likeness (QED) is 0.427. The smallest absolute Gasteiger partial charge is 0.222 e. The average molecular weight is 670 g/mol. The Morgan fingerprint density at radius 1 is 1.02 bits per heavy atom. The number of guanidine groups is 1. The van der Waals surface area contributed by atoms with Gasteiger partial charge in [-0.05, 0) is 108 Å². The standard InChI is InChI=1S/C30H37Br2N5O.C2H2/c1-19-14-22-2-3-23-17-24(31)18-35-29(23)28(27(22)25(32)15-19)21-6-12-36(13-7-21)26(38)16-20-4-10-37(11-5-20)30-33-8-9-34-30;1-2/h14-15,17-18,20-21,28H,2-13,16H2,1H3,(H,33,34);1-2H. The predicted octanol–water partition coefficient (Wildman–Crippen LogP) is 5.69. The van der Waals surface area contributed by atoms with Crippen molar-refractivity contribution < 1.29 is 4.79 Å². The first kappa shape index (κ1) is 29.1. The third kappa shape index (κ3) is 6.26. The van der Waals surface area contributed by atoms with Crippen molar-refractivity contribution >= 4 is 43.7 Å². The van der Waals surface area contributed by atoms with E-state index in [-0.39, 0.29) is 5.92 Å². The lowest BCUT2D eigenvalue weighted by Gasteiger charge is -2.38. The Morgan fingerprint density at radius 2 is 1.75 bits per heavy atom. The van der Waals surface area contributed by atoms with Crippen LogP contribution in [0.1, 0.15) is 66.0 Å². The number of carbonyl (C=O) groups excluding carboxylic acids is 1. The fourth-order valence-electron chi connectivity index (χ4n) is 7.02. The molecule has 1 aromatic heterocycles. The van der Waals surface area contributed by atoms with E-state index in [4.69, 9.17) is 4.98 Å². The summed E-state index contributed by atoms with van der Waals surface area (Å²) < 4.78 is 2.26. The SMILES string of the molecule is C#C.Cc1cc(Br)c2c(c1)CCc1cc(Br)cnc1C2C1CCN(C(=O)CC2CCN(C3=NCCN3)CC2)CC1. The minimum Gasteiger partial charge on any atom is -0.354 e. The largest absolute Gasteiger partial charge is 0.354 e. The van der Waals surface area contributed by atoms with E-state index >= 15 is 0 Å². The number of nitrogens with one attached hydrogen (secondary N) is 1. The summed E-state index contributed by atoms with van der Waals surface area (Å²) in [6, 6.07) is 6.89. The third-order valence-electron chi connectivity index (χ3n) is 8.99. The third-order valence-corrected chi connectivity index (χ3v) is 10.1. The number of aromatic nitrogens is 1. The van der Waals surface area contributed by atoms with Crippen LogP contribution in [0.25, 0.3) is 0 Å². The molecule has 4 aliphatic rings. The summed E-state index contributed by atoms with van der Waals surface area (Å²) >= 11 is 7.59. The number of benzene rings is 1. The maximum Gasteiger partial charge on any atom is 0.222 e. The van der Waals surface area contributed by atoms with Gasteiger partial charge in [0.2, 0.25) is 5.91 Å². The van der Waals surface area contributed by atoms with Gasteiger partial charge in [0, 0.05) is 60.2 Å². The van der Waals surface area contributed by atoms with Gasteiger partial charge >= 0.3 is 0 Å². The molecule has 8 heteroatoms. The van der Waals surface area contributed by atoms with E-state index in [2.05, 4.69) is 89.9 Å². The number of likely N-dealkylation sites (tertiary alicyclic amines) is 2. The number of fused-ring (bicyclic) bond motifs is 2. The summed E-state index contributed by atoms with van der Waals surface area (Å²) in [5.41, 5.74) is 6.75. The molecule has 3 aliphatic heterocycles. The number of aryl methyl sites for hydroxylation is 3. The highest BCUT2D eigenvalue weighted by molar-refractivity contribution is 9.10. The number of halogens is 2. The van der Waals surface area contributed by atoms with Gasteiger partial charge in [0.05, 0.1) is 12.2 Å². The number of amides is 1. The van der Waals surface area contributed by atoms with Gasteiger partial charge in [0.25, 0.3) is 0 Å². The molecule has 0 saturated carbocycles. The number of pyridine rings is 1. The van der Waals surface area contributed by atoms with Gasteiger partial charge in [0.1, 0.15) is 0 Å². The van der Waals surface area contributed by atoms with Gasteiger partial charge in [-0.15, -0.1) is 12.8 Å². The van der Waals surface area contributed by atoms with Crippen molar-refractivity contribution in [2.24, 2.45) is 16.8 Å². The molecule has 1 aromatic carbocycles. The summed E-state index contributed by atoms with van der Waals surface area (Å²) in [5.74, 6) is 2.63. The second kappa shape index (κ2) is 13.1. The molecule has 6 nitrogen and oxygen atoms in total. The van der Waals surface area contributed by atoms with E-state index in [0.29, 0.717) is 24.2 Å². The molecular weight excluding hydrogens is 630 g/mol. The first-order valence-electron chi connectivity index (χ1n) is 14.5. The van der Waals surface area contributed by atoms with Crippen LogP contribution in [-0.2, 0) is 17.6 Å². The van der Waals surface area contributed by atoms with Gasteiger partial charge in [-0.3, -0.25) is 14.8 Å². The van der Waals surface area contributed by atoms with Crippen molar-refractivity contribution in [3.05, 3.63) is 61.3 Å². The van der Waals surface area contributed by atoms with Crippen molar-refractivity contribution in [1.82, 2.24) is 20.1 Å². The molecular formula is C32H39Br2N5O. The summed E-state index contributed by atoms with van der Waals surface area (Å²) in [6.45, 7) is 7.72. The monoisotopic (exact) mass is 667 g/mol. The van der Waals surface area contributed by atoms with Crippen LogP contribution in [-0.4, -0.2) is 65.9 Å². The lowest BCUT2D eigenvalue weighted by molar-refractivity contribution is -0.134. The Balaban J connectivity index is 0.00000158. The Morgan fingerprint density at radius 3 is 2.45 bits per heavy atom. The van der Waals surface area contributed by atoms with Gasteiger partial charge < -0.3 is 15.1 Å². The van der Waals surface area contributed by atoms with Crippen LogP contribution in [0.15, 0.2) is 38.3 Å². The van der Waals surface area contributed by atoms with E-state index in [1.807, 2.05) is 6.20 Å². The summed E-state index contributed by atoms with van der Waals surface area (Å²) in [4.78, 5) is 27.4. The van der Waals surface area contributed by atoms with Gasteiger partial charge in [0.15, 0.2) is 5.96 Å². The number of carbonyl (C=O) groups is 1. The first-order chi connectivity index (χ1) is 19.5. The van der Waals surface area contributed by atoms with E-state index in [1.165, 1.54) is 32.4 Å². The molecule has 2 aromatic rings. The van der Waals surface area contributed by atoms with Crippen molar-refractivity contribution in [2.45, 2.75) is 57.8 Å². The van der Waals surface area contributed by atoms with E-state index in [0.717, 1.165) is 88.2 Å². The number of rotatable bonds is 3. The maximum atomic E-state index is 13.3. The molecule has 2 saturated heterocycles. The summed E-state index contributed by atoms with van der Waals surface area (Å²) in [5, 5.41) is 3.38. The maximum absolute atomic E-state index is 13.3. The van der Waals surface area contributed by atoms with Crippen LogP contribution in [0.2, 0.25) is 0 Å². The second-order valence-electron chi connectivity index (χ2n) is 11.5.